The fraction of sp³-hybridized carbons (Fsp3) is 0.143. The first-order chi connectivity index (χ1) is 10.6. The number of halogens is 1. The molecule has 22 heavy (non-hydrogen) atoms. The second-order valence-corrected chi connectivity index (χ2v) is 5.58. The van der Waals surface area contributed by atoms with E-state index in [9.17, 15) is 9.18 Å². The summed E-state index contributed by atoms with van der Waals surface area (Å²) in [7, 11) is 0. The fourth-order valence-corrected chi connectivity index (χ4v) is 2.52. The number of hydrogen-bond acceptors (Lipinski definition) is 5. The van der Waals surface area contributed by atoms with Crippen molar-refractivity contribution in [1.29, 1.82) is 0 Å². The molecule has 1 N–H and O–H groups in total. The van der Waals surface area contributed by atoms with Gasteiger partial charge in [0.05, 0.1) is 5.69 Å². The minimum atomic E-state index is -0.425. The monoisotopic (exact) mass is 317 g/mol. The zero-order chi connectivity index (χ0) is 15.7. The highest BCUT2D eigenvalue weighted by Crippen LogP contribution is 2.18. The number of anilines is 1. The van der Waals surface area contributed by atoms with Crippen LogP contribution >= 0.6 is 11.3 Å². The molecule has 6 nitrogen and oxygen atoms in total. The van der Waals surface area contributed by atoms with Crippen LogP contribution in [0.15, 0.2) is 29.8 Å². The Morgan fingerprint density at radius 2 is 2.18 bits per heavy atom. The van der Waals surface area contributed by atoms with E-state index in [0.29, 0.717) is 10.8 Å². The third-order valence-electron chi connectivity index (χ3n) is 3.09. The molecule has 0 radical (unpaired) electrons. The zero-order valence-electron chi connectivity index (χ0n) is 11.9. The van der Waals surface area contributed by atoms with Crippen LogP contribution in [-0.4, -0.2) is 25.9 Å². The van der Waals surface area contributed by atoms with Gasteiger partial charge in [-0.05, 0) is 31.5 Å². The molecule has 0 aliphatic heterocycles. The van der Waals surface area contributed by atoms with Gasteiger partial charge in [0.2, 0.25) is 0 Å². The lowest BCUT2D eigenvalue weighted by Gasteiger charge is -2.06. The number of aryl methyl sites for hydroxylation is 1. The molecule has 3 aromatic rings. The number of hydrogen-bond donors (Lipinski definition) is 1. The first kappa shape index (κ1) is 14.3. The molecule has 0 spiro atoms. The number of nitrogens with zero attached hydrogens (tertiary/aromatic N) is 4. The summed E-state index contributed by atoms with van der Waals surface area (Å²) in [5.41, 5.74) is 1.65. The number of amides is 1. The molecule has 2 heterocycles. The highest BCUT2D eigenvalue weighted by atomic mass is 32.1. The predicted octanol–water partition coefficient (Wildman–Crippen LogP) is 2.73. The summed E-state index contributed by atoms with van der Waals surface area (Å²) >= 11 is 1.30. The summed E-state index contributed by atoms with van der Waals surface area (Å²) in [5.74, 6) is -0.842. The Kier molecular flexibility index (Phi) is 3.68. The van der Waals surface area contributed by atoms with Crippen molar-refractivity contribution in [2.45, 2.75) is 13.8 Å². The first-order valence-electron chi connectivity index (χ1n) is 6.46. The van der Waals surface area contributed by atoms with E-state index in [1.807, 2.05) is 0 Å². The largest absolute Gasteiger partial charge is 0.296 e. The molecule has 1 amide bonds. The molecule has 0 saturated heterocycles. The van der Waals surface area contributed by atoms with Gasteiger partial charge >= 0.3 is 0 Å². The van der Waals surface area contributed by atoms with Gasteiger partial charge in [-0.3, -0.25) is 10.1 Å². The van der Waals surface area contributed by atoms with Crippen LogP contribution in [0.2, 0.25) is 0 Å². The van der Waals surface area contributed by atoms with Crippen LogP contribution in [0.25, 0.3) is 5.69 Å². The molecule has 1 aromatic carbocycles. The SMILES string of the molecule is Cc1ccc(-n2nnc(C(=O)Nc3nccs3)c2C)c(F)c1. The standard InChI is InChI=1S/C14H12FN5OS/c1-8-3-4-11(10(15)7-8)20-9(2)12(18-19-20)13(21)17-14-16-5-6-22-14/h3-7H,1-2H3,(H,16,17,21). The highest BCUT2D eigenvalue weighted by Gasteiger charge is 2.19. The van der Waals surface area contributed by atoms with Gasteiger partial charge in [0.1, 0.15) is 11.5 Å². The van der Waals surface area contributed by atoms with E-state index in [4.69, 9.17) is 0 Å². The second-order valence-electron chi connectivity index (χ2n) is 4.68. The number of rotatable bonds is 3. The third kappa shape index (κ3) is 2.60. The van der Waals surface area contributed by atoms with Crippen molar-refractivity contribution in [2.75, 3.05) is 5.32 Å². The molecule has 112 valence electrons. The van der Waals surface area contributed by atoms with Crippen molar-refractivity contribution in [1.82, 2.24) is 20.0 Å². The molecular formula is C14H12FN5OS. The Labute approximate surface area is 129 Å². The Bertz CT molecular complexity index is 828. The quantitative estimate of drug-likeness (QED) is 0.806. The normalized spacial score (nSPS) is 10.7. The first-order valence-corrected chi connectivity index (χ1v) is 7.34. The highest BCUT2D eigenvalue weighted by molar-refractivity contribution is 7.13. The lowest BCUT2D eigenvalue weighted by atomic mass is 10.2. The number of thiazole rings is 1. The summed E-state index contributed by atoms with van der Waals surface area (Å²) in [6, 6.07) is 4.79. The molecule has 0 saturated carbocycles. The summed E-state index contributed by atoms with van der Waals surface area (Å²) in [6.45, 7) is 3.46. The molecule has 0 atom stereocenters. The van der Waals surface area contributed by atoms with Crippen LogP contribution in [0.4, 0.5) is 9.52 Å². The Morgan fingerprint density at radius 1 is 1.36 bits per heavy atom. The average molecular weight is 317 g/mol. The van der Waals surface area contributed by atoms with Gasteiger partial charge in [-0.15, -0.1) is 16.4 Å². The third-order valence-corrected chi connectivity index (χ3v) is 3.78. The number of benzene rings is 1. The van der Waals surface area contributed by atoms with E-state index < -0.39 is 11.7 Å². The van der Waals surface area contributed by atoms with Crippen LogP contribution in [0.1, 0.15) is 21.7 Å². The molecule has 0 unspecified atom stereocenters. The van der Waals surface area contributed by atoms with Crippen LogP contribution in [0, 0.1) is 19.7 Å². The van der Waals surface area contributed by atoms with Gasteiger partial charge < -0.3 is 0 Å². The second kappa shape index (κ2) is 5.64. The van der Waals surface area contributed by atoms with Gasteiger partial charge in [0.25, 0.3) is 5.91 Å². The van der Waals surface area contributed by atoms with Crippen molar-refractivity contribution in [2.24, 2.45) is 0 Å². The lowest BCUT2D eigenvalue weighted by molar-refractivity contribution is 0.102. The summed E-state index contributed by atoms with van der Waals surface area (Å²) in [6.07, 6.45) is 1.59. The molecule has 2 aromatic heterocycles. The van der Waals surface area contributed by atoms with E-state index >= 15 is 0 Å². The zero-order valence-corrected chi connectivity index (χ0v) is 12.7. The summed E-state index contributed by atoms with van der Waals surface area (Å²) in [5, 5.41) is 12.6. The molecule has 3 rings (SSSR count). The molecule has 0 aliphatic rings. The maximum atomic E-state index is 14.0. The van der Waals surface area contributed by atoms with E-state index in [2.05, 4.69) is 20.6 Å². The van der Waals surface area contributed by atoms with Crippen LogP contribution in [0.3, 0.4) is 0 Å². The Balaban J connectivity index is 1.93. The van der Waals surface area contributed by atoms with Gasteiger partial charge in [0.15, 0.2) is 10.8 Å². The number of carbonyl (C=O) groups excluding carboxylic acids is 1. The molecular weight excluding hydrogens is 305 g/mol. The van der Waals surface area contributed by atoms with Crippen molar-refractivity contribution in [3.05, 3.63) is 52.5 Å². The average Bonchev–Trinajstić information content (AvgIpc) is 3.09. The van der Waals surface area contributed by atoms with Gasteiger partial charge in [0, 0.05) is 11.6 Å². The van der Waals surface area contributed by atoms with Crippen molar-refractivity contribution >= 4 is 22.4 Å². The summed E-state index contributed by atoms with van der Waals surface area (Å²) < 4.78 is 15.3. The number of carbonyl (C=O) groups is 1. The lowest BCUT2D eigenvalue weighted by Crippen LogP contribution is -2.14. The van der Waals surface area contributed by atoms with Crippen LogP contribution in [-0.2, 0) is 0 Å². The van der Waals surface area contributed by atoms with E-state index in [0.717, 1.165) is 5.56 Å². The Hall–Kier alpha value is -2.61. The predicted molar refractivity (Wildman–Crippen MR) is 80.9 cm³/mol. The molecule has 8 heteroatoms. The van der Waals surface area contributed by atoms with Gasteiger partial charge in [-0.2, -0.15) is 0 Å². The number of aromatic nitrogens is 4. The van der Waals surface area contributed by atoms with Gasteiger partial charge in [-0.25, -0.2) is 14.1 Å². The fourth-order valence-electron chi connectivity index (χ4n) is 1.99. The van der Waals surface area contributed by atoms with Crippen molar-refractivity contribution in [3.8, 4) is 5.69 Å². The molecule has 0 fully saturated rings. The van der Waals surface area contributed by atoms with Crippen LogP contribution < -0.4 is 5.32 Å². The molecule has 0 bridgehead atoms. The maximum absolute atomic E-state index is 14.0. The minimum absolute atomic E-state index is 0.134. The molecule has 0 aliphatic carbocycles. The topological polar surface area (TPSA) is 72.7 Å². The van der Waals surface area contributed by atoms with E-state index in [1.165, 1.54) is 22.1 Å². The van der Waals surface area contributed by atoms with Crippen molar-refractivity contribution in [3.63, 3.8) is 0 Å². The Morgan fingerprint density at radius 3 is 2.86 bits per heavy atom. The van der Waals surface area contributed by atoms with Gasteiger partial charge in [-0.1, -0.05) is 11.3 Å². The summed E-state index contributed by atoms with van der Waals surface area (Å²) in [4.78, 5) is 16.1. The van der Waals surface area contributed by atoms with Crippen molar-refractivity contribution < 1.29 is 9.18 Å². The maximum Gasteiger partial charge on any atom is 0.279 e. The minimum Gasteiger partial charge on any atom is -0.296 e. The van der Waals surface area contributed by atoms with E-state index in [-0.39, 0.29) is 11.4 Å². The number of nitrogens with one attached hydrogen (secondary N) is 1. The van der Waals surface area contributed by atoms with Crippen LogP contribution in [0.5, 0.6) is 0 Å². The van der Waals surface area contributed by atoms with E-state index in [1.54, 1.807) is 37.6 Å². The smallest absolute Gasteiger partial charge is 0.279 e.